The Morgan fingerprint density at radius 3 is 2.00 bits per heavy atom. The molecular weight excluding hydrogens is 392 g/mol. The molecule has 0 saturated heterocycles. The van der Waals surface area contributed by atoms with Gasteiger partial charge in [0.1, 0.15) is 31.7 Å². The number of ether oxygens (including phenoxy) is 3. The van der Waals surface area contributed by atoms with Gasteiger partial charge in [0.25, 0.3) is 0 Å². The van der Waals surface area contributed by atoms with E-state index in [0.717, 1.165) is 11.1 Å². The predicted molar refractivity (Wildman–Crippen MR) is 121 cm³/mol. The molecule has 0 aliphatic rings. The number of nitrogens with one attached hydrogen (secondary N) is 1. The van der Waals surface area contributed by atoms with Crippen LogP contribution in [0.5, 0.6) is 17.2 Å². The van der Waals surface area contributed by atoms with Gasteiger partial charge in [0.2, 0.25) is 0 Å². The van der Waals surface area contributed by atoms with Crippen LogP contribution >= 0.6 is 0 Å². The summed E-state index contributed by atoms with van der Waals surface area (Å²) < 4.78 is 17.8. The van der Waals surface area contributed by atoms with Crippen molar-refractivity contribution in [3.63, 3.8) is 0 Å². The third kappa shape index (κ3) is 7.94. The highest BCUT2D eigenvalue weighted by Crippen LogP contribution is 2.33. The van der Waals surface area contributed by atoms with Crippen molar-refractivity contribution in [1.29, 1.82) is 0 Å². The molecule has 0 aromatic heterocycles. The summed E-state index contributed by atoms with van der Waals surface area (Å²) in [5.74, 6) is 1.83. The van der Waals surface area contributed by atoms with Crippen molar-refractivity contribution in [2.45, 2.75) is 19.3 Å². The van der Waals surface area contributed by atoms with Crippen LogP contribution in [0.3, 0.4) is 0 Å². The van der Waals surface area contributed by atoms with E-state index in [1.165, 1.54) is 0 Å². The zero-order valence-electron chi connectivity index (χ0n) is 17.6. The molecule has 3 aromatic rings. The van der Waals surface area contributed by atoms with Gasteiger partial charge in [-0.2, -0.15) is 0 Å². The average Bonchev–Trinajstić information content (AvgIpc) is 2.82. The van der Waals surface area contributed by atoms with Gasteiger partial charge in [-0.3, -0.25) is 0 Å². The highest BCUT2D eigenvalue weighted by molar-refractivity contribution is 5.46. The largest absolute Gasteiger partial charge is 0.491 e. The van der Waals surface area contributed by atoms with Gasteiger partial charge in [-0.15, -0.1) is 0 Å². The SMILES string of the molecule is NCCNCC(O)COc1ccc(OCc2ccccc2)c(OCc2ccccc2)c1. The second-order valence-electron chi connectivity index (χ2n) is 7.11. The predicted octanol–water partition coefficient (Wildman–Crippen LogP) is 3.13. The van der Waals surface area contributed by atoms with Gasteiger partial charge in [-0.05, 0) is 23.3 Å². The summed E-state index contributed by atoms with van der Waals surface area (Å²) in [7, 11) is 0. The Kier molecular flexibility index (Phi) is 9.19. The molecule has 6 heteroatoms. The number of rotatable bonds is 13. The third-order valence-electron chi connectivity index (χ3n) is 4.53. The van der Waals surface area contributed by atoms with Gasteiger partial charge in [-0.1, -0.05) is 60.7 Å². The molecule has 0 amide bonds. The molecule has 3 aromatic carbocycles. The van der Waals surface area contributed by atoms with Crippen molar-refractivity contribution in [2.75, 3.05) is 26.2 Å². The van der Waals surface area contributed by atoms with Gasteiger partial charge in [0, 0.05) is 25.7 Å². The van der Waals surface area contributed by atoms with Crippen molar-refractivity contribution in [3.05, 3.63) is 90.0 Å². The summed E-state index contributed by atoms with van der Waals surface area (Å²) in [6.45, 7) is 2.63. The Balaban J connectivity index is 1.65. The maximum Gasteiger partial charge on any atom is 0.165 e. The summed E-state index contributed by atoms with van der Waals surface area (Å²) in [6.07, 6.45) is -0.630. The lowest BCUT2D eigenvalue weighted by Gasteiger charge is -2.16. The van der Waals surface area contributed by atoms with E-state index in [0.29, 0.717) is 50.1 Å². The fraction of sp³-hybridized carbons (Fsp3) is 0.280. The molecule has 0 aliphatic heterocycles. The van der Waals surface area contributed by atoms with Crippen LogP contribution in [0.15, 0.2) is 78.9 Å². The molecule has 0 bridgehead atoms. The minimum Gasteiger partial charge on any atom is -0.491 e. The number of hydrogen-bond acceptors (Lipinski definition) is 6. The van der Waals surface area contributed by atoms with E-state index in [1.54, 1.807) is 6.07 Å². The van der Waals surface area contributed by atoms with Gasteiger partial charge in [0.15, 0.2) is 11.5 Å². The molecule has 0 heterocycles. The zero-order chi connectivity index (χ0) is 21.7. The van der Waals surface area contributed by atoms with Gasteiger partial charge < -0.3 is 30.4 Å². The molecule has 3 rings (SSSR count). The first-order valence-corrected chi connectivity index (χ1v) is 10.4. The van der Waals surface area contributed by atoms with E-state index in [4.69, 9.17) is 19.9 Å². The van der Waals surface area contributed by atoms with Crippen LogP contribution in [0.4, 0.5) is 0 Å². The molecular formula is C25H30N2O4. The zero-order valence-corrected chi connectivity index (χ0v) is 17.6. The Morgan fingerprint density at radius 2 is 1.39 bits per heavy atom. The Labute approximate surface area is 183 Å². The smallest absolute Gasteiger partial charge is 0.165 e. The van der Waals surface area contributed by atoms with Gasteiger partial charge >= 0.3 is 0 Å². The fourth-order valence-electron chi connectivity index (χ4n) is 2.90. The minimum atomic E-state index is -0.630. The summed E-state index contributed by atoms with van der Waals surface area (Å²) >= 11 is 0. The monoisotopic (exact) mass is 422 g/mol. The molecule has 6 nitrogen and oxygen atoms in total. The number of hydrogen-bond donors (Lipinski definition) is 3. The molecule has 0 fully saturated rings. The van der Waals surface area contributed by atoms with Crippen molar-refractivity contribution in [2.24, 2.45) is 5.73 Å². The molecule has 164 valence electrons. The maximum absolute atomic E-state index is 10.0. The van der Waals surface area contributed by atoms with Crippen LogP contribution in [0.1, 0.15) is 11.1 Å². The number of nitrogens with two attached hydrogens (primary N) is 1. The third-order valence-corrected chi connectivity index (χ3v) is 4.53. The first-order chi connectivity index (χ1) is 15.2. The minimum absolute atomic E-state index is 0.167. The van der Waals surface area contributed by atoms with Gasteiger partial charge in [0.05, 0.1) is 0 Å². The second kappa shape index (κ2) is 12.6. The lowest BCUT2D eigenvalue weighted by molar-refractivity contribution is 0.106. The highest BCUT2D eigenvalue weighted by Gasteiger charge is 2.11. The van der Waals surface area contributed by atoms with Crippen LogP contribution < -0.4 is 25.3 Å². The van der Waals surface area contributed by atoms with Crippen molar-refractivity contribution >= 4 is 0 Å². The number of aliphatic hydroxyl groups excluding tert-OH is 1. The fourth-order valence-corrected chi connectivity index (χ4v) is 2.90. The van der Waals surface area contributed by atoms with E-state index in [-0.39, 0.29) is 6.61 Å². The molecule has 0 radical (unpaired) electrons. The number of benzene rings is 3. The summed E-state index contributed by atoms with van der Waals surface area (Å²) in [6, 6.07) is 25.4. The van der Waals surface area contributed by atoms with E-state index < -0.39 is 6.10 Å². The molecule has 1 atom stereocenters. The van der Waals surface area contributed by atoms with E-state index in [1.807, 2.05) is 72.8 Å². The van der Waals surface area contributed by atoms with Gasteiger partial charge in [-0.25, -0.2) is 0 Å². The van der Waals surface area contributed by atoms with E-state index >= 15 is 0 Å². The van der Waals surface area contributed by atoms with Crippen molar-refractivity contribution in [3.8, 4) is 17.2 Å². The average molecular weight is 423 g/mol. The highest BCUT2D eigenvalue weighted by atomic mass is 16.5. The molecule has 0 spiro atoms. The lowest BCUT2D eigenvalue weighted by atomic mass is 10.2. The van der Waals surface area contributed by atoms with Crippen LogP contribution in [0.2, 0.25) is 0 Å². The number of aliphatic hydroxyl groups is 1. The molecule has 1 unspecified atom stereocenters. The van der Waals surface area contributed by atoms with Crippen LogP contribution in [0.25, 0.3) is 0 Å². The summed E-state index contributed by atoms with van der Waals surface area (Å²) in [5.41, 5.74) is 7.58. The van der Waals surface area contributed by atoms with Crippen LogP contribution in [0, 0.1) is 0 Å². The summed E-state index contributed by atoms with van der Waals surface area (Å²) in [5, 5.41) is 13.1. The Morgan fingerprint density at radius 1 is 0.774 bits per heavy atom. The summed E-state index contributed by atoms with van der Waals surface area (Å²) in [4.78, 5) is 0. The Hall–Kier alpha value is -3.06. The first-order valence-electron chi connectivity index (χ1n) is 10.4. The molecule has 4 N–H and O–H groups in total. The van der Waals surface area contributed by atoms with E-state index in [2.05, 4.69) is 5.32 Å². The Bertz CT molecular complexity index is 891. The van der Waals surface area contributed by atoms with E-state index in [9.17, 15) is 5.11 Å². The van der Waals surface area contributed by atoms with Crippen molar-refractivity contribution in [1.82, 2.24) is 5.32 Å². The first kappa shape index (κ1) is 22.6. The second-order valence-corrected chi connectivity index (χ2v) is 7.11. The topological polar surface area (TPSA) is 86.0 Å². The standard InChI is InChI=1S/C25H30N2O4/c26-13-14-27-16-22(28)19-29-23-11-12-24(30-17-20-7-3-1-4-8-20)25(15-23)31-18-21-9-5-2-6-10-21/h1-12,15,22,27-28H,13-14,16-19,26H2. The lowest BCUT2D eigenvalue weighted by Crippen LogP contribution is -2.34. The van der Waals surface area contributed by atoms with Crippen LogP contribution in [-0.4, -0.2) is 37.5 Å². The quantitative estimate of drug-likeness (QED) is 0.367. The van der Waals surface area contributed by atoms with Crippen molar-refractivity contribution < 1.29 is 19.3 Å². The van der Waals surface area contributed by atoms with Crippen LogP contribution in [-0.2, 0) is 13.2 Å². The molecule has 0 aliphatic carbocycles. The molecule has 31 heavy (non-hydrogen) atoms. The maximum atomic E-state index is 10.0. The molecule has 0 saturated carbocycles. The normalized spacial score (nSPS) is 11.7.